The van der Waals surface area contributed by atoms with Crippen molar-refractivity contribution in [3.05, 3.63) is 62.4 Å². The first kappa shape index (κ1) is 23.5. The van der Waals surface area contributed by atoms with Gasteiger partial charge in [0.15, 0.2) is 0 Å². The molecule has 1 N–H and O–H groups in total. The van der Waals surface area contributed by atoms with E-state index < -0.39 is 17.7 Å². The van der Waals surface area contributed by atoms with Crippen molar-refractivity contribution in [2.45, 2.75) is 69.7 Å². The van der Waals surface area contributed by atoms with Crippen LogP contribution < -0.4 is 4.74 Å². The first-order valence-corrected chi connectivity index (χ1v) is 12.7. The van der Waals surface area contributed by atoms with Crippen LogP contribution in [0.3, 0.4) is 0 Å². The highest BCUT2D eigenvalue weighted by Gasteiger charge is 2.36. The lowest BCUT2D eigenvalue weighted by molar-refractivity contribution is -0.139. The number of aryl methyl sites for hydroxylation is 1. The van der Waals surface area contributed by atoms with Crippen LogP contribution in [0.5, 0.6) is 5.75 Å². The number of carbonyl (C=O) groups is 1. The van der Waals surface area contributed by atoms with Crippen LogP contribution >= 0.6 is 22.6 Å². The highest BCUT2D eigenvalue weighted by Crippen LogP contribution is 2.43. The van der Waals surface area contributed by atoms with Gasteiger partial charge < -0.3 is 14.4 Å². The van der Waals surface area contributed by atoms with Gasteiger partial charge in [-0.05, 0) is 83.2 Å². The van der Waals surface area contributed by atoms with Gasteiger partial charge >= 0.3 is 12.1 Å². The number of rotatable bonds is 6. The molecule has 5 rings (SSSR count). The molecule has 8 heteroatoms. The normalized spacial score (nSPS) is 18.5. The van der Waals surface area contributed by atoms with Gasteiger partial charge in [0.05, 0.1) is 12.0 Å². The summed E-state index contributed by atoms with van der Waals surface area (Å²) in [6.45, 7) is 0.825. The fourth-order valence-electron chi connectivity index (χ4n) is 5.57. The number of fused-ring (bicyclic) bond motifs is 3. The van der Waals surface area contributed by atoms with Gasteiger partial charge in [0.25, 0.3) is 0 Å². The number of halogens is 4. The van der Waals surface area contributed by atoms with Gasteiger partial charge in [-0.15, -0.1) is 0 Å². The number of carboxylic acids is 1. The van der Waals surface area contributed by atoms with Gasteiger partial charge in [-0.2, -0.15) is 13.2 Å². The largest absolute Gasteiger partial charge is 0.489 e. The molecule has 2 aromatic carbocycles. The first-order chi connectivity index (χ1) is 16.2. The second-order valence-corrected chi connectivity index (χ2v) is 10.4. The van der Waals surface area contributed by atoms with E-state index in [1.807, 2.05) is 18.2 Å². The van der Waals surface area contributed by atoms with Gasteiger partial charge in [-0.1, -0.05) is 25.0 Å². The van der Waals surface area contributed by atoms with Gasteiger partial charge in [-0.3, -0.25) is 4.79 Å². The lowest BCUT2D eigenvalue weighted by atomic mass is 9.91. The summed E-state index contributed by atoms with van der Waals surface area (Å²) in [5, 5.41) is 10.2. The van der Waals surface area contributed by atoms with Crippen molar-refractivity contribution in [3.8, 4) is 5.75 Å². The molecule has 1 aliphatic heterocycles. The molecule has 1 atom stereocenters. The fourth-order valence-corrected chi connectivity index (χ4v) is 6.74. The molecule has 180 valence electrons. The summed E-state index contributed by atoms with van der Waals surface area (Å²) < 4.78 is 50.4. The quantitative estimate of drug-likeness (QED) is 0.307. The van der Waals surface area contributed by atoms with Crippen LogP contribution in [-0.2, 0) is 24.1 Å². The SMILES string of the molecule is O=C(O)C[C@H]1CCn2c1c(I)c1cc(OCc3ccc(C4CCCC4)c(C(F)(F)F)c3)ccc12. The summed E-state index contributed by atoms with van der Waals surface area (Å²) in [6.07, 6.45) is 0.114. The van der Waals surface area contributed by atoms with Crippen LogP contribution in [0.2, 0.25) is 0 Å². The predicted octanol–water partition coefficient (Wildman–Crippen LogP) is 7.46. The molecule has 1 aliphatic carbocycles. The second kappa shape index (κ2) is 9.09. The summed E-state index contributed by atoms with van der Waals surface area (Å²) in [6, 6.07) is 10.3. The van der Waals surface area contributed by atoms with Crippen molar-refractivity contribution in [3.63, 3.8) is 0 Å². The standard InChI is InChI=1S/C26H25F3INO3/c27-26(28,29)21-11-15(5-7-19(21)16-3-1-2-4-16)14-34-18-6-8-22-20(13-18)24(30)25-17(12-23(32)33)9-10-31(22)25/h5-8,11,13,16-17H,1-4,9-10,12,14H2,(H,32,33)/t17-/m1/s1. The molecule has 0 bridgehead atoms. The summed E-state index contributed by atoms with van der Waals surface area (Å²) in [5.74, 6) is -0.253. The number of nitrogens with zero attached hydrogens (tertiary/aromatic N) is 1. The maximum absolute atomic E-state index is 13.8. The molecule has 0 spiro atoms. The van der Waals surface area contributed by atoms with Crippen molar-refractivity contribution >= 4 is 39.5 Å². The van der Waals surface area contributed by atoms with Crippen molar-refractivity contribution < 1.29 is 27.8 Å². The number of aliphatic carboxylic acids is 1. The molecule has 1 saturated carbocycles. The highest BCUT2D eigenvalue weighted by atomic mass is 127. The maximum atomic E-state index is 13.8. The Morgan fingerprint density at radius 1 is 1.12 bits per heavy atom. The Hall–Kier alpha value is -2.23. The van der Waals surface area contributed by atoms with Crippen LogP contribution in [0.15, 0.2) is 36.4 Å². The maximum Gasteiger partial charge on any atom is 0.416 e. The highest BCUT2D eigenvalue weighted by molar-refractivity contribution is 14.1. The predicted molar refractivity (Wildman–Crippen MR) is 131 cm³/mol. The smallest absolute Gasteiger partial charge is 0.416 e. The molecule has 4 nitrogen and oxygen atoms in total. The zero-order valence-corrected chi connectivity index (χ0v) is 20.7. The molecule has 0 saturated heterocycles. The summed E-state index contributed by atoms with van der Waals surface area (Å²) in [5.41, 5.74) is 2.43. The van der Waals surface area contributed by atoms with E-state index in [-0.39, 0.29) is 24.9 Å². The fraction of sp³-hybridized carbons (Fsp3) is 0.423. The van der Waals surface area contributed by atoms with E-state index in [4.69, 9.17) is 4.74 Å². The Morgan fingerprint density at radius 2 is 1.88 bits per heavy atom. The molecular formula is C26H25F3INO3. The molecule has 3 aromatic rings. The number of alkyl halides is 3. The van der Waals surface area contributed by atoms with E-state index in [1.54, 1.807) is 12.1 Å². The third-order valence-corrected chi connectivity index (χ3v) is 8.28. The molecule has 0 radical (unpaired) electrons. The second-order valence-electron chi connectivity index (χ2n) is 9.30. The summed E-state index contributed by atoms with van der Waals surface area (Å²) >= 11 is 2.26. The lowest BCUT2D eigenvalue weighted by Crippen LogP contribution is -2.12. The summed E-state index contributed by atoms with van der Waals surface area (Å²) in [7, 11) is 0. The Labute approximate surface area is 209 Å². The number of ether oxygens (including phenoxy) is 1. The molecular weight excluding hydrogens is 558 g/mol. The zero-order valence-electron chi connectivity index (χ0n) is 18.5. The van der Waals surface area contributed by atoms with Crippen molar-refractivity contribution in [1.82, 2.24) is 4.57 Å². The van der Waals surface area contributed by atoms with E-state index in [1.165, 1.54) is 6.07 Å². The minimum absolute atomic E-state index is 0.0136. The van der Waals surface area contributed by atoms with Gasteiger partial charge in [-0.25, -0.2) is 0 Å². The Kier molecular flexibility index (Phi) is 6.29. The lowest BCUT2D eigenvalue weighted by Gasteiger charge is -2.19. The van der Waals surface area contributed by atoms with Gasteiger partial charge in [0.1, 0.15) is 12.4 Å². The van der Waals surface area contributed by atoms with Crippen molar-refractivity contribution in [2.75, 3.05) is 0 Å². The zero-order chi connectivity index (χ0) is 24.0. The van der Waals surface area contributed by atoms with E-state index in [0.717, 1.165) is 58.8 Å². The Bertz CT molecular complexity index is 1240. The topological polar surface area (TPSA) is 51.5 Å². The minimum atomic E-state index is -4.39. The number of benzene rings is 2. The van der Waals surface area contributed by atoms with Crippen LogP contribution in [-0.4, -0.2) is 15.6 Å². The molecule has 0 unspecified atom stereocenters. The number of hydrogen-bond donors (Lipinski definition) is 1. The average molecular weight is 583 g/mol. The minimum Gasteiger partial charge on any atom is -0.489 e. The third-order valence-electron chi connectivity index (χ3n) is 7.14. The molecule has 1 fully saturated rings. The molecule has 34 heavy (non-hydrogen) atoms. The average Bonchev–Trinajstić information content (AvgIpc) is 3.51. The van der Waals surface area contributed by atoms with Gasteiger partial charge in [0.2, 0.25) is 0 Å². The molecule has 2 heterocycles. The van der Waals surface area contributed by atoms with E-state index in [9.17, 15) is 23.1 Å². The van der Waals surface area contributed by atoms with Crippen LogP contribution in [0, 0.1) is 3.57 Å². The van der Waals surface area contributed by atoms with E-state index >= 15 is 0 Å². The molecule has 2 aliphatic rings. The van der Waals surface area contributed by atoms with Gasteiger partial charge in [0, 0.05) is 32.6 Å². The van der Waals surface area contributed by atoms with E-state index in [0.29, 0.717) is 16.9 Å². The Balaban J connectivity index is 1.38. The monoisotopic (exact) mass is 583 g/mol. The van der Waals surface area contributed by atoms with Crippen LogP contribution in [0.1, 0.15) is 72.7 Å². The van der Waals surface area contributed by atoms with Crippen molar-refractivity contribution in [2.24, 2.45) is 0 Å². The Morgan fingerprint density at radius 3 is 2.59 bits per heavy atom. The van der Waals surface area contributed by atoms with Crippen LogP contribution in [0.25, 0.3) is 10.9 Å². The molecule has 1 aromatic heterocycles. The number of carboxylic acid groups (broad SMARTS) is 1. The third kappa shape index (κ3) is 4.41. The van der Waals surface area contributed by atoms with E-state index in [2.05, 4.69) is 27.2 Å². The first-order valence-electron chi connectivity index (χ1n) is 11.6. The van der Waals surface area contributed by atoms with Crippen molar-refractivity contribution in [1.29, 1.82) is 0 Å². The summed E-state index contributed by atoms with van der Waals surface area (Å²) in [4.78, 5) is 11.2. The molecule has 0 amide bonds. The van der Waals surface area contributed by atoms with Crippen LogP contribution in [0.4, 0.5) is 13.2 Å². The number of hydrogen-bond acceptors (Lipinski definition) is 2. The number of aromatic nitrogens is 1.